The molecule has 0 N–H and O–H groups in total. The summed E-state index contributed by atoms with van der Waals surface area (Å²) < 4.78 is 2.14. The van der Waals surface area contributed by atoms with Crippen LogP contribution >= 0.6 is 0 Å². The molecule has 1 unspecified atom stereocenters. The molecule has 0 aliphatic heterocycles. The Morgan fingerprint density at radius 1 is 1.33 bits per heavy atom. The first kappa shape index (κ1) is 9.90. The maximum Gasteiger partial charge on any atom is 0.0951 e. The van der Waals surface area contributed by atoms with Gasteiger partial charge in [-0.2, -0.15) is 0 Å². The maximum atomic E-state index is 4.16. The molecule has 0 amide bonds. The second-order valence-corrected chi connectivity index (χ2v) is 3.60. The highest BCUT2D eigenvalue weighted by molar-refractivity contribution is 5.15. The summed E-state index contributed by atoms with van der Waals surface area (Å²) in [4.78, 5) is 8.26. The van der Waals surface area contributed by atoms with E-state index in [1.807, 2.05) is 31.0 Å². The smallest absolute Gasteiger partial charge is 0.0951 e. The lowest BCUT2D eigenvalue weighted by Gasteiger charge is -2.17. The van der Waals surface area contributed by atoms with E-state index in [2.05, 4.69) is 27.5 Å². The normalized spacial score (nSPS) is 12.6. The van der Waals surface area contributed by atoms with Gasteiger partial charge in [0.25, 0.3) is 0 Å². The van der Waals surface area contributed by atoms with Gasteiger partial charge in [0.05, 0.1) is 12.4 Å². The summed E-state index contributed by atoms with van der Waals surface area (Å²) in [5.74, 6) is 0. The standard InChI is InChI=1S/C12H15N3/c1-2-4-12(15-8-7-14-10-15)11-5-3-6-13-9-11/h3,5-10,12H,2,4H2,1H3. The predicted octanol–water partition coefficient (Wildman–Crippen LogP) is 2.67. The van der Waals surface area contributed by atoms with Crippen molar-refractivity contribution in [1.82, 2.24) is 14.5 Å². The lowest BCUT2D eigenvalue weighted by molar-refractivity contribution is 0.531. The zero-order valence-electron chi connectivity index (χ0n) is 8.87. The number of imidazole rings is 1. The summed E-state index contributed by atoms with van der Waals surface area (Å²) in [6.07, 6.45) is 11.7. The van der Waals surface area contributed by atoms with Crippen molar-refractivity contribution in [1.29, 1.82) is 0 Å². The van der Waals surface area contributed by atoms with Gasteiger partial charge in [-0.3, -0.25) is 4.98 Å². The minimum atomic E-state index is 0.367. The Bertz CT molecular complexity index is 381. The molecule has 2 aromatic heterocycles. The molecule has 0 saturated heterocycles. The van der Waals surface area contributed by atoms with Gasteiger partial charge in [-0.1, -0.05) is 19.4 Å². The van der Waals surface area contributed by atoms with Gasteiger partial charge in [0.15, 0.2) is 0 Å². The van der Waals surface area contributed by atoms with Crippen LogP contribution in [0.15, 0.2) is 43.2 Å². The lowest BCUT2D eigenvalue weighted by Crippen LogP contribution is -2.08. The quantitative estimate of drug-likeness (QED) is 0.761. The average Bonchev–Trinajstić information content (AvgIpc) is 2.80. The van der Waals surface area contributed by atoms with E-state index < -0.39 is 0 Å². The van der Waals surface area contributed by atoms with E-state index in [0.717, 1.165) is 12.8 Å². The molecule has 0 fully saturated rings. The molecule has 3 heteroatoms. The van der Waals surface area contributed by atoms with Crippen LogP contribution in [0.5, 0.6) is 0 Å². The first-order chi connectivity index (χ1) is 7.42. The first-order valence-electron chi connectivity index (χ1n) is 5.29. The number of hydrogen-bond donors (Lipinski definition) is 0. The Morgan fingerprint density at radius 2 is 2.27 bits per heavy atom. The number of aromatic nitrogens is 3. The largest absolute Gasteiger partial charge is 0.330 e. The van der Waals surface area contributed by atoms with Gasteiger partial charge in [0.2, 0.25) is 0 Å². The van der Waals surface area contributed by atoms with Crippen LogP contribution in [0.3, 0.4) is 0 Å². The first-order valence-corrected chi connectivity index (χ1v) is 5.29. The van der Waals surface area contributed by atoms with Crippen LogP contribution in [0.4, 0.5) is 0 Å². The Balaban J connectivity index is 2.28. The third-order valence-corrected chi connectivity index (χ3v) is 2.52. The van der Waals surface area contributed by atoms with Crippen LogP contribution < -0.4 is 0 Å². The summed E-state index contributed by atoms with van der Waals surface area (Å²) in [5, 5.41) is 0. The van der Waals surface area contributed by atoms with Crippen molar-refractivity contribution >= 4 is 0 Å². The van der Waals surface area contributed by atoms with E-state index in [1.165, 1.54) is 5.56 Å². The number of rotatable bonds is 4. The van der Waals surface area contributed by atoms with Crippen molar-refractivity contribution in [3.05, 3.63) is 48.8 Å². The van der Waals surface area contributed by atoms with E-state index in [9.17, 15) is 0 Å². The molecule has 0 spiro atoms. The molecule has 0 aliphatic rings. The fraction of sp³-hybridized carbons (Fsp3) is 0.333. The van der Waals surface area contributed by atoms with Crippen LogP contribution in [0.25, 0.3) is 0 Å². The minimum absolute atomic E-state index is 0.367. The van der Waals surface area contributed by atoms with E-state index in [0.29, 0.717) is 6.04 Å². The molecule has 78 valence electrons. The van der Waals surface area contributed by atoms with E-state index in [-0.39, 0.29) is 0 Å². The number of nitrogens with zero attached hydrogens (tertiary/aromatic N) is 3. The average molecular weight is 201 g/mol. The van der Waals surface area contributed by atoms with Gasteiger partial charge >= 0.3 is 0 Å². The van der Waals surface area contributed by atoms with Crippen LogP contribution in [0.1, 0.15) is 31.4 Å². The summed E-state index contributed by atoms with van der Waals surface area (Å²) in [6, 6.07) is 4.47. The number of hydrogen-bond acceptors (Lipinski definition) is 2. The monoisotopic (exact) mass is 201 g/mol. The molecular formula is C12H15N3. The molecule has 2 aromatic rings. The third kappa shape index (κ3) is 2.24. The van der Waals surface area contributed by atoms with E-state index in [1.54, 1.807) is 6.20 Å². The van der Waals surface area contributed by atoms with Crippen molar-refractivity contribution in [3.63, 3.8) is 0 Å². The van der Waals surface area contributed by atoms with E-state index in [4.69, 9.17) is 0 Å². The summed E-state index contributed by atoms with van der Waals surface area (Å²) in [5.41, 5.74) is 1.25. The SMILES string of the molecule is CCCC(c1cccnc1)n1ccnc1. The Labute approximate surface area is 89.8 Å². The van der Waals surface area contributed by atoms with Crippen LogP contribution in [-0.4, -0.2) is 14.5 Å². The van der Waals surface area contributed by atoms with Crippen molar-refractivity contribution < 1.29 is 0 Å². The topological polar surface area (TPSA) is 30.7 Å². The highest BCUT2D eigenvalue weighted by Crippen LogP contribution is 2.21. The third-order valence-electron chi connectivity index (χ3n) is 2.52. The van der Waals surface area contributed by atoms with Crippen molar-refractivity contribution in [2.24, 2.45) is 0 Å². The summed E-state index contributed by atoms with van der Waals surface area (Å²) in [6.45, 7) is 2.19. The molecule has 15 heavy (non-hydrogen) atoms. The van der Waals surface area contributed by atoms with Gasteiger partial charge in [-0.15, -0.1) is 0 Å². The Kier molecular flexibility index (Phi) is 3.12. The highest BCUT2D eigenvalue weighted by atomic mass is 15.0. The van der Waals surface area contributed by atoms with Gasteiger partial charge in [-0.05, 0) is 18.1 Å². The second kappa shape index (κ2) is 4.73. The predicted molar refractivity (Wildman–Crippen MR) is 59.5 cm³/mol. The molecule has 2 heterocycles. The molecule has 0 aromatic carbocycles. The van der Waals surface area contributed by atoms with Gasteiger partial charge < -0.3 is 4.57 Å². The molecule has 1 atom stereocenters. The molecule has 0 saturated carbocycles. The zero-order valence-corrected chi connectivity index (χ0v) is 8.87. The highest BCUT2D eigenvalue weighted by Gasteiger charge is 2.11. The molecule has 3 nitrogen and oxygen atoms in total. The fourth-order valence-corrected chi connectivity index (χ4v) is 1.79. The molecule has 0 radical (unpaired) electrons. The molecule has 0 aliphatic carbocycles. The van der Waals surface area contributed by atoms with Crippen LogP contribution in [0, 0.1) is 0 Å². The summed E-state index contributed by atoms with van der Waals surface area (Å²) >= 11 is 0. The Hall–Kier alpha value is -1.64. The lowest BCUT2D eigenvalue weighted by atomic mass is 10.0. The zero-order chi connectivity index (χ0) is 10.5. The fourth-order valence-electron chi connectivity index (χ4n) is 1.79. The van der Waals surface area contributed by atoms with Crippen molar-refractivity contribution in [3.8, 4) is 0 Å². The number of pyridine rings is 1. The van der Waals surface area contributed by atoms with Gasteiger partial charge in [0, 0.05) is 24.8 Å². The molecular weight excluding hydrogens is 186 g/mol. The maximum absolute atomic E-state index is 4.16. The van der Waals surface area contributed by atoms with Crippen LogP contribution in [-0.2, 0) is 0 Å². The van der Waals surface area contributed by atoms with Crippen molar-refractivity contribution in [2.75, 3.05) is 0 Å². The molecule has 2 rings (SSSR count). The molecule has 0 bridgehead atoms. The van der Waals surface area contributed by atoms with Crippen molar-refractivity contribution in [2.45, 2.75) is 25.8 Å². The van der Waals surface area contributed by atoms with Gasteiger partial charge in [-0.25, -0.2) is 4.98 Å². The minimum Gasteiger partial charge on any atom is -0.330 e. The Morgan fingerprint density at radius 3 is 2.87 bits per heavy atom. The van der Waals surface area contributed by atoms with Crippen LogP contribution in [0.2, 0.25) is 0 Å². The van der Waals surface area contributed by atoms with Gasteiger partial charge in [0.1, 0.15) is 0 Å². The summed E-state index contributed by atoms with van der Waals surface area (Å²) in [7, 11) is 0. The second-order valence-electron chi connectivity index (χ2n) is 3.60. The van der Waals surface area contributed by atoms with E-state index >= 15 is 0 Å².